The molecule has 1 aliphatic rings. The minimum absolute atomic E-state index is 0.256. The second-order valence-electron chi connectivity index (χ2n) is 6.52. The van der Waals surface area contributed by atoms with E-state index in [0.717, 1.165) is 54.8 Å². The number of rotatable bonds is 6. The zero-order chi connectivity index (χ0) is 18.2. The molecule has 1 fully saturated rings. The van der Waals surface area contributed by atoms with Gasteiger partial charge in [-0.25, -0.2) is 0 Å². The molecule has 0 aliphatic carbocycles. The van der Waals surface area contributed by atoms with Gasteiger partial charge in [-0.15, -0.1) is 11.8 Å². The topological polar surface area (TPSA) is 23.6 Å². The molecule has 26 heavy (non-hydrogen) atoms. The summed E-state index contributed by atoms with van der Waals surface area (Å²) in [6.45, 7) is 4.64. The van der Waals surface area contributed by atoms with E-state index in [0.29, 0.717) is 6.42 Å². The normalized spacial score (nSPS) is 15.7. The summed E-state index contributed by atoms with van der Waals surface area (Å²) in [5, 5.41) is 0.760. The van der Waals surface area contributed by atoms with Gasteiger partial charge in [-0.05, 0) is 24.1 Å². The van der Waals surface area contributed by atoms with Crippen LogP contribution in [0, 0.1) is 0 Å². The fourth-order valence-corrected chi connectivity index (χ4v) is 4.36. The van der Waals surface area contributed by atoms with Crippen LogP contribution >= 0.6 is 23.4 Å². The van der Waals surface area contributed by atoms with Crippen molar-refractivity contribution in [1.29, 1.82) is 0 Å². The second kappa shape index (κ2) is 10.0. The van der Waals surface area contributed by atoms with Gasteiger partial charge in [0.05, 0.1) is 5.02 Å². The lowest BCUT2D eigenvalue weighted by molar-refractivity contribution is -0.130. The van der Waals surface area contributed by atoms with Crippen LogP contribution in [0.15, 0.2) is 59.5 Å². The van der Waals surface area contributed by atoms with Gasteiger partial charge >= 0.3 is 0 Å². The van der Waals surface area contributed by atoms with Gasteiger partial charge in [0, 0.05) is 49.8 Å². The first-order valence-electron chi connectivity index (χ1n) is 9.14. The Morgan fingerprint density at radius 2 is 1.73 bits per heavy atom. The van der Waals surface area contributed by atoms with Crippen LogP contribution in [0.4, 0.5) is 0 Å². The average Bonchev–Trinajstić information content (AvgIpc) is 2.90. The molecule has 2 aromatic carbocycles. The molecule has 1 heterocycles. The fraction of sp³-hybridized carbons (Fsp3) is 0.381. The van der Waals surface area contributed by atoms with E-state index in [1.807, 2.05) is 35.2 Å². The van der Waals surface area contributed by atoms with E-state index >= 15 is 0 Å². The third kappa shape index (κ3) is 5.76. The molecule has 1 saturated heterocycles. The number of carbonyl (C=O) groups excluding carboxylic acids is 1. The van der Waals surface area contributed by atoms with Crippen LogP contribution in [0.5, 0.6) is 0 Å². The largest absolute Gasteiger partial charge is 0.341 e. The van der Waals surface area contributed by atoms with E-state index in [9.17, 15) is 4.79 Å². The highest BCUT2D eigenvalue weighted by atomic mass is 35.5. The SMILES string of the molecule is O=C(CCSc1ccccc1Cl)N1CCCN(Cc2ccccc2)CC1. The Balaban J connectivity index is 1.43. The van der Waals surface area contributed by atoms with Crippen molar-refractivity contribution < 1.29 is 4.79 Å². The quantitative estimate of drug-likeness (QED) is 0.678. The van der Waals surface area contributed by atoms with Crippen molar-refractivity contribution in [2.24, 2.45) is 0 Å². The Labute approximate surface area is 165 Å². The molecule has 0 unspecified atom stereocenters. The summed E-state index contributed by atoms with van der Waals surface area (Å²) in [4.78, 5) is 18.1. The van der Waals surface area contributed by atoms with Crippen LogP contribution in [0.25, 0.3) is 0 Å². The van der Waals surface area contributed by atoms with Crippen molar-refractivity contribution in [3.05, 3.63) is 65.2 Å². The minimum atomic E-state index is 0.256. The van der Waals surface area contributed by atoms with E-state index in [4.69, 9.17) is 11.6 Å². The van der Waals surface area contributed by atoms with Gasteiger partial charge < -0.3 is 4.90 Å². The number of hydrogen-bond donors (Lipinski definition) is 0. The van der Waals surface area contributed by atoms with Gasteiger partial charge in [0.15, 0.2) is 0 Å². The van der Waals surface area contributed by atoms with Crippen molar-refractivity contribution in [1.82, 2.24) is 9.80 Å². The lowest BCUT2D eigenvalue weighted by Gasteiger charge is -2.22. The molecule has 0 spiro atoms. The zero-order valence-corrected chi connectivity index (χ0v) is 16.5. The summed E-state index contributed by atoms with van der Waals surface area (Å²) < 4.78 is 0. The first-order chi connectivity index (χ1) is 12.7. The van der Waals surface area contributed by atoms with Gasteiger partial charge in [-0.1, -0.05) is 54.1 Å². The number of carbonyl (C=O) groups is 1. The van der Waals surface area contributed by atoms with Crippen LogP contribution in [0.3, 0.4) is 0 Å². The number of hydrogen-bond acceptors (Lipinski definition) is 3. The van der Waals surface area contributed by atoms with E-state index in [-0.39, 0.29) is 5.91 Å². The molecule has 5 heteroatoms. The third-order valence-corrected chi connectivity index (χ3v) is 6.12. The summed E-state index contributed by atoms with van der Waals surface area (Å²) in [5.41, 5.74) is 1.34. The van der Waals surface area contributed by atoms with Crippen molar-refractivity contribution in [2.45, 2.75) is 24.3 Å². The highest BCUT2D eigenvalue weighted by Crippen LogP contribution is 2.27. The predicted octanol–water partition coefficient (Wildman–Crippen LogP) is 4.56. The fourth-order valence-electron chi connectivity index (χ4n) is 3.19. The van der Waals surface area contributed by atoms with Crippen molar-refractivity contribution >= 4 is 29.3 Å². The van der Waals surface area contributed by atoms with E-state index in [1.165, 1.54) is 5.56 Å². The van der Waals surface area contributed by atoms with Crippen molar-refractivity contribution in [2.75, 3.05) is 31.9 Å². The Kier molecular flexibility index (Phi) is 7.42. The van der Waals surface area contributed by atoms with Crippen molar-refractivity contribution in [3.8, 4) is 0 Å². The van der Waals surface area contributed by atoms with E-state index in [2.05, 4.69) is 29.2 Å². The number of thioether (sulfide) groups is 1. The van der Waals surface area contributed by atoms with Gasteiger partial charge in [0.2, 0.25) is 5.91 Å². The molecule has 138 valence electrons. The standard InChI is InChI=1S/C21H25ClN2OS/c22-19-9-4-5-10-20(19)26-16-11-21(25)24-13-6-12-23(14-15-24)17-18-7-2-1-3-8-18/h1-5,7-10H,6,11-17H2. The molecule has 0 N–H and O–H groups in total. The molecule has 3 nitrogen and oxygen atoms in total. The van der Waals surface area contributed by atoms with Crippen LogP contribution in [0.1, 0.15) is 18.4 Å². The van der Waals surface area contributed by atoms with E-state index in [1.54, 1.807) is 11.8 Å². The number of amides is 1. The third-order valence-electron chi connectivity index (χ3n) is 4.60. The second-order valence-corrected chi connectivity index (χ2v) is 8.07. The first kappa shape index (κ1) is 19.3. The Morgan fingerprint density at radius 3 is 2.54 bits per heavy atom. The molecular formula is C21H25ClN2OS. The van der Waals surface area contributed by atoms with E-state index < -0.39 is 0 Å². The lowest BCUT2D eigenvalue weighted by atomic mass is 10.2. The smallest absolute Gasteiger partial charge is 0.223 e. The monoisotopic (exact) mass is 388 g/mol. The maximum Gasteiger partial charge on any atom is 0.223 e. The predicted molar refractivity (Wildman–Crippen MR) is 110 cm³/mol. The molecule has 0 aromatic heterocycles. The van der Waals surface area contributed by atoms with Crippen LogP contribution in [-0.4, -0.2) is 47.6 Å². The lowest BCUT2D eigenvalue weighted by Crippen LogP contribution is -2.35. The zero-order valence-electron chi connectivity index (χ0n) is 14.9. The summed E-state index contributed by atoms with van der Waals surface area (Å²) in [6.07, 6.45) is 1.60. The van der Waals surface area contributed by atoms with Crippen molar-refractivity contribution in [3.63, 3.8) is 0 Å². The summed E-state index contributed by atoms with van der Waals surface area (Å²) in [5.74, 6) is 1.03. The molecule has 1 amide bonds. The number of nitrogens with zero attached hydrogens (tertiary/aromatic N) is 2. The molecule has 0 saturated carbocycles. The van der Waals surface area contributed by atoms with Gasteiger partial charge in [-0.2, -0.15) is 0 Å². The van der Waals surface area contributed by atoms with Gasteiger partial charge in [-0.3, -0.25) is 9.69 Å². The van der Waals surface area contributed by atoms with Crippen LogP contribution in [-0.2, 0) is 11.3 Å². The van der Waals surface area contributed by atoms with Gasteiger partial charge in [0.1, 0.15) is 0 Å². The Hall–Kier alpha value is -1.49. The number of halogens is 1. The summed E-state index contributed by atoms with van der Waals surface area (Å²) in [7, 11) is 0. The molecule has 1 aliphatic heterocycles. The first-order valence-corrected chi connectivity index (χ1v) is 10.5. The Morgan fingerprint density at radius 1 is 0.962 bits per heavy atom. The highest BCUT2D eigenvalue weighted by Gasteiger charge is 2.19. The average molecular weight is 389 g/mol. The molecule has 2 aromatic rings. The molecule has 0 radical (unpaired) electrons. The minimum Gasteiger partial charge on any atom is -0.341 e. The summed E-state index contributed by atoms with van der Waals surface area (Å²) in [6, 6.07) is 18.3. The van der Waals surface area contributed by atoms with Gasteiger partial charge in [0.25, 0.3) is 0 Å². The summed E-state index contributed by atoms with van der Waals surface area (Å²) >= 11 is 7.83. The molecule has 3 rings (SSSR count). The highest BCUT2D eigenvalue weighted by molar-refractivity contribution is 7.99. The maximum absolute atomic E-state index is 12.6. The Bertz CT molecular complexity index is 710. The molecular weight excluding hydrogens is 364 g/mol. The maximum atomic E-state index is 12.6. The van der Waals surface area contributed by atoms with Crippen LogP contribution < -0.4 is 0 Å². The molecule has 0 atom stereocenters. The number of benzene rings is 2. The van der Waals surface area contributed by atoms with Crippen LogP contribution in [0.2, 0.25) is 5.02 Å². The molecule has 0 bridgehead atoms.